The van der Waals surface area contributed by atoms with Crippen molar-refractivity contribution in [1.29, 1.82) is 0 Å². The van der Waals surface area contributed by atoms with E-state index in [0.717, 1.165) is 115 Å². The molecule has 9 aromatic carbocycles. The summed E-state index contributed by atoms with van der Waals surface area (Å²) in [6, 6.07) is 66.2. The van der Waals surface area contributed by atoms with Crippen molar-refractivity contribution in [2.24, 2.45) is 0 Å². The molecule has 0 saturated carbocycles. The van der Waals surface area contributed by atoms with E-state index in [2.05, 4.69) is 115 Å². The number of pyridine rings is 1. The zero-order valence-electron chi connectivity index (χ0n) is 34.5. The number of rotatable bonds is 5. The normalized spacial score (nSPS) is 12.0. The van der Waals surface area contributed by atoms with Crippen LogP contribution in [0.1, 0.15) is 0 Å². The molecule has 7 heteroatoms. The first-order valence-corrected chi connectivity index (χ1v) is 21.6. The highest BCUT2D eigenvalue weighted by Gasteiger charge is 2.24. The van der Waals surface area contributed by atoms with E-state index < -0.39 is 0 Å². The van der Waals surface area contributed by atoms with Crippen LogP contribution < -0.4 is 0 Å². The van der Waals surface area contributed by atoms with Crippen molar-refractivity contribution < 1.29 is 13.3 Å². The van der Waals surface area contributed by atoms with Gasteiger partial charge in [0, 0.05) is 65.2 Å². The summed E-state index contributed by atoms with van der Waals surface area (Å²) < 4.78 is 19.8. The maximum Gasteiger partial charge on any atom is 0.167 e. The second-order valence-electron chi connectivity index (χ2n) is 16.4. The van der Waals surface area contributed by atoms with Crippen LogP contribution in [0.2, 0.25) is 0 Å². The zero-order valence-corrected chi connectivity index (χ0v) is 34.5. The third kappa shape index (κ3) is 5.42. The fourth-order valence-corrected chi connectivity index (χ4v) is 9.83. The molecule has 0 aliphatic heterocycles. The number of hydrogen-bond donors (Lipinski definition) is 0. The fraction of sp³-hybridized carbons (Fsp3) is 0. The SMILES string of the molecule is c1ccc(-c2nc3ccccc3c3c(-c4cccc(-c5nc(-c6cccc7c6oc6ccccc67)nc(-c6cccc7c6oc6ccccc67)n5)c4)c4c(cc23)oc2ccccc24)cc1. The van der Waals surface area contributed by atoms with Crippen molar-refractivity contribution in [3.8, 4) is 56.5 Å². The van der Waals surface area contributed by atoms with Crippen molar-refractivity contribution >= 4 is 87.5 Å². The lowest BCUT2D eigenvalue weighted by Crippen LogP contribution is -2.01. The molecule has 0 N–H and O–H groups in total. The predicted octanol–water partition coefficient (Wildman–Crippen LogP) is 15.6. The Morgan fingerprint density at radius 3 is 1.48 bits per heavy atom. The van der Waals surface area contributed by atoms with Gasteiger partial charge in [-0.1, -0.05) is 146 Å². The maximum atomic E-state index is 6.71. The number of benzene rings is 9. The van der Waals surface area contributed by atoms with E-state index in [-0.39, 0.29) is 0 Å². The topological polar surface area (TPSA) is 91.0 Å². The molecule has 14 rings (SSSR count). The van der Waals surface area contributed by atoms with E-state index in [1.54, 1.807) is 0 Å². The van der Waals surface area contributed by atoms with Gasteiger partial charge < -0.3 is 13.3 Å². The number of fused-ring (bicyclic) bond motifs is 12. The molecule has 0 amide bonds. The third-order valence-electron chi connectivity index (χ3n) is 12.7. The molecule has 0 atom stereocenters. The van der Waals surface area contributed by atoms with Gasteiger partial charge in [0.1, 0.15) is 33.5 Å². The summed E-state index contributed by atoms with van der Waals surface area (Å²) in [5, 5.41) is 9.27. The Labute approximate surface area is 369 Å². The van der Waals surface area contributed by atoms with Gasteiger partial charge in [-0.25, -0.2) is 19.9 Å². The molecule has 0 radical (unpaired) electrons. The standard InChI is InChI=1S/C58H32N4O3/c1-2-15-33(16-3-1)53-44-32-49-52(41-22-7-11-30-48(41)63-49)50(51(44)40-21-4-8-27-45(40)59-53)34-17-12-18-35(31-34)56-60-57(42-25-13-23-38-36-19-5-9-28-46(36)64-54(38)42)62-58(61-56)43-26-14-24-39-37-20-6-10-29-47(37)65-55(39)43/h1-32H. The first-order valence-electron chi connectivity index (χ1n) is 21.6. The van der Waals surface area contributed by atoms with E-state index in [1.807, 2.05) is 78.9 Å². The molecule has 0 spiro atoms. The molecule has 65 heavy (non-hydrogen) atoms. The van der Waals surface area contributed by atoms with Crippen LogP contribution in [0, 0.1) is 0 Å². The number of hydrogen-bond acceptors (Lipinski definition) is 7. The fourth-order valence-electron chi connectivity index (χ4n) is 9.83. The minimum Gasteiger partial charge on any atom is -0.456 e. The molecule has 0 bridgehead atoms. The molecule has 0 fully saturated rings. The minimum absolute atomic E-state index is 0.492. The average molecular weight is 833 g/mol. The van der Waals surface area contributed by atoms with Crippen LogP contribution in [0.3, 0.4) is 0 Å². The molecule has 5 aromatic heterocycles. The largest absolute Gasteiger partial charge is 0.456 e. The van der Waals surface area contributed by atoms with Crippen LogP contribution in [0.5, 0.6) is 0 Å². The molecule has 0 saturated heterocycles. The highest BCUT2D eigenvalue weighted by atomic mass is 16.3. The van der Waals surface area contributed by atoms with Crippen molar-refractivity contribution in [1.82, 2.24) is 19.9 Å². The van der Waals surface area contributed by atoms with Gasteiger partial charge in [0.05, 0.1) is 22.3 Å². The summed E-state index contributed by atoms with van der Waals surface area (Å²) in [5.41, 5.74) is 11.9. The third-order valence-corrected chi connectivity index (χ3v) is 12.7. The monoisotopic (exact) mass is 832 g/mol. The van der Waals surface area contributed by atoms with Crippen LogP contribution >= 0.6 is 0 Å². The van der Waals surface area contributed by atoms with Crippen LogP contribution in [0.4, 0.5) is 0 Å². The Morgan fingerprint density at radius 1 is 0.292 bits per heavy atom. The van der Waals surface area contributed by atoms with Gasteiger partial charge in [-0.3, -0.25) is 0 Å². The Balaban J connectivity index is 1.06. The minimum atomic E-state index is 0.492. The number of furan rings is 3. The molecule has 0 aliphatic rings. The van der Waals surface area contributed by atoms with Gasteiger partial charge >= 0.3 is 0 Å². The van der Waals surface area contributed by atoms with E-state index >= 15 is 0 Å². The molecular formula is C58H32N4O3. The lowest BCUT2D eigenvalue weighted by atomic mass is 9.89. The van der Waals surface area contributed by atoms with Gasteiger partial charge in [-0.2, -0.15) is 0 Å². The Kier molecular flexibility index (Phi) is 7.55. The molecule has 5 heterocycles. The second kappa shape index (κ2) is 13.8. The molecule has 7 nitrogen and oxygen atoms in total. The molecular weight excluding hydrogens is 801 g/mol. The summed E-state index contributed by atoms with van der Waals surface area (Å²) >= 11 is 0. The molecule has 14 aromatic rings. The zero-order chi connectivity index (χ0) is 42.6. The molecule has 302 valence electrons. The summed E-state index contributed by atoms with van der Waals surface area (Å²) in [5.74, 6) is 1.50. The van der Waals surface area contributed by atoms with E-state index in [4.69, 9.17) is 33.2 Å². The van der Waals surface area contributed by atoms with Crippen LogP contribution in [-0.4, -0.2) is 19.9 Å². The van der Waals surface area contributed by atoms with E-state index in [1.165, 1.54) is 0 Å². The van der Waals surface area contributed by atoms with Crippen molar-refractivity contribution in [2.75, 3.05) is 0 Å². The quantitative estimate of drug-likeness (QED) is 0.160. The second-order valence-corrected chi connectivity index (χ2v) is 16.4. The van der Waals surface area contributed by atoms with Crippen molar-refractivity contribution in [3.63, 3.8) is 0 Å². The highest BCUT2D eigenvalue weighted by Crippen LogP contribution is 2.47. The summed E-state index contributed by atoms with van der Waals surface area (Å²) in [4.78, 5) is 21.1. The lowest BCUT2D eigenvalue weighted by Gasteiger charge is -2.16. The van der Waals surface area contributed by atoms with Crippen LogP contribution in [0.25, 0.3) is 144 Å². The van der Waals surface area contributed by atoms with Gasteiger partial charge in [0.25, 0.3) is 0 Å². The first-order chi connectivity index (χ1) is 32.2. The lowest BCUT2D eigenvalue weighted by molar-refractivity contribution is 0.669. The Hall–Kier alpha value is -8.94. The first kappa shape index (κ1) is 35.6. The van der Waals surface area contributed by atoms with Gasteiger partial charge in [-0.05, 0) is 54.1 Å². The van der Waals surface area contributed by atoms with E-state index in [9.17, 15) is 0 Å². The van der Waals surface area contributed by atoms with E-state index in [0.29, 0.717) is 28.6 Å². The van der Waals surface area contributed by atoms with Crippen LogP contribution in [0.15, 0.2) is 207 Å². The summed E-state index contributed by atoms with van der Waals surface area (Å²) in [7, 11) is 0. The smallest absolute Gasteiger partial charge is 0.167 e. The average Bonchev–Trinajstić information content (AvgIpc) is 4.07. The number of para-hydroxylation sites is 6. The highest BCUT2D eigenvalue weighted by molar-refractivity contribution is 6.28. The van der Waals surface area contributed by atoms with Gasteiger partial charge in [0.15, 0.2) is 17.5 Å². The molecule has 0 aliphatic carbocycles. The van der Waals surface area contributed by atoms with Crippen molar-refractivity contribution in [3.05, 3.63) is 194 Å². The molecule has 0 unspecified atom stereocenters. The predicted molar refractivity (Wildman–Crippen MR) is 262 cm³/mol. The summed E-state index contributed by atoms with van der Waals surface area (Å²) in [6.07, 6.45) is 0. The van der Waals surface area contributed by atoms with Crippen LogP contribution in [-0.2, 0) is 0 Å². The number of aromatic nitrogens is 4. The van der Waals surface area contributed by atoms with Gasteiger partial charge in [-0.15, -0.1) is 0 Å². The summed E-state index contributed by atoms with van der Waals surface area (Å²) in [6.45, 7) is 0. The maximum absolute atomic E-state index is 6.71. The van der Waals surface area contributed by atoms with Gasteiger partial charge in [0.2, 0.25) is 0 Å². The number of nitrogens with zero attached hydrogens (tertiary/aromatic N) is 4. The Bertz CT molecular complexity index is 4130. The van der Waals surface area contributed by atoms with Crippen molar-refractivity contribution in [2.45, 2.75) is 0 Å². The Morgan fingerprint density at radius 2 is 0.800 bits per heavy atom.